The van der Waals surface area contributed by atoms with Crippen molar-refractivity contribution in [2.75, 3.05) is 0 Å². The van der Waals surface area contributed by atoms with Crippen LogP contribution >= 0.6 is 19.8 Å². The van der Waals surface area contributed by atoms with Gasteiger partial charge in [0.2, 0.25) is 0 Å². The summed E-state index contributed by atoms with van der Waals surface area (Å²) in [4.78, 5) is 0. The number of hydrogen-bond donors (Lipinski definition) is 0. The Kier molecular flexibility index (Phi) is 7.52. The molecule has 0 N–H and O–H groups in total. The van der Waals surface area contributed by atoms with Crippen molar-refractivity contribution in [1.82, 2.24) is 0 Å². The predicted octanol–water partition coefficient (Wildman–Crippen LogP) is 4.31. The molecular formula is C10H19IZn. The third-order valence-electron chi connectivity index (χ3n) is 2.66. The predicted molar refractivity (Wildman–Crippen MR) is 59.7 cm³/mol. The Bertz CT molecular complexity index is 101. The average molecular weight is 332 g/mol. The second-order valence-corrected chi connectivity index (χ2v) is 4.51. The van der Waals surface area contributed by atoms with Gasteiger partial charge in [-0.15, -0.1) is 0 Å². The Labute approximate surface area is 98.1 Å². The fourth-order valence-electron chi connectivity index (χ4n) is 1.79. The summed E-state index contributed by atoms with van der Waals surface area (Å²) in [5.74, 6) is 0.970. The standard InChI is InChI=1S/C10H19.HI.Zn/c1-10(2,3)9-7-5-4-6-8-9;;/h4,9H,5-8H2,1-3H3;1H;/q-1;;+2/p-1. The zero-order valence-corrected chi connectivity index (χ0v) is 13.7. The summed E-state index contributed by atoms with van der Waals surface area (Å²) in [5.41, 5.74) is 0.550. The van der Waals surface area contributed by atoms with E-state index in [-0.39, 0.29) is 0 Å². The maximum atomic E-state index is 2.43. The van der Waals surface area contributed by atoms with Crippen molar-refractivity contribution < 1.29 is 14.8 Å². The Hall–Kier alpha value is 1.35. The second-order valence-electron chi connectivity index (χ2n) is 4.51. The zero-order valence-electron chi connectivity index (χ0n) is 8.57. The monoisotopic (exact) mass is 330 g/mol. The first-order valence-corrected chi connectivity index (χ1v) is 13.7. The molecule has 0 heterocycles. The maximum absolute atomic E-state index is 2.43. The van der Waals surface area contributed by atoms with Crippen LogP contribution in [0.25, 0.3) is 0 Å². The van der Waals surface area contributed by atoms with Crippen molar-refractivity contribution in [2.45, 2.75) is 46.5 Å². The van der Waals surface area contributed by atoms with Crippen LogP contribution < -0.4 is 0 Å². The van der Waals surface area contributed by atoms with Gasteiger partial charge in [0.05, 0.1) is 0 Å². The van der Waals surface area contributed by atoms with E-state index < -0.39 is 0 Å². The average Bonchev–Trinajstić information content (AvgIpc) is 2.08. The molecule has 0 nitrogen and oxygen atoms in total. The number of rotatable bonds is 0. The van der Waals surface area contributed by atoms with E-state index in [1.165, 1.54) is 40.5 Å². The molecule has 0 aromatic rings. The van der Waals surface area contributed by atoms with Crippen LogP contribution in [-0.4, -0.2) is 0 Å². The van der Waals surface area contributed by atoms with Crippen LogP contribution in [0, 0.1) is 17.8 Å². The van der Waals surface area contributed by atoms with Crippen molar-refractivity contribution in [2.24, 2.45) is 11.3 Å². The summed E-state index contributed by atoms with van der Waals surface area (Å²) in [6.07, 6.45) is 7.97. The van der Waals surface area contributed by atoms with E-state index in [9.17, 15) is 0 Å². The van der Waals surface area contributed by atoms with Crippen LogP contribution in [0.5, 0.6) is 0 Å². The van der Waals surface area contributed by atoms with Crippen molar-refractivity contribution in [3.63, 3.8) is 0 Å². The summed E-state index contributed by atoms with van der Waals surface area (Å²) < 4.78 is 0. The van der Waals surface area contributed by atoms with E-state index in [4.69, 9.17) is 0 Å². The third kappa shape index (κ3) is 5.16. The third-order valence-corrected chi connectivity index (χ3v) is 2.66. The first-order chi connectivity index (χ1) is 5.61. The molecule has 0 aromatic heterocycles. The van der Waals surface area contributed by atoms with Crippen LogP contribution in [-0.2, 0) is 14.8 Å². The first kappa shape index (κ1) is 13.4. The van der Waals surface area contributed by atoms with E-state index >= 15 is 0 Å². The quantitative estimate of drug-likeness (QED) is 0.352. The molecule has 1 rings (SSSR count). The van der Waals surface area contributed by atoms with Crippen LogP contribution in [0.15, 0.2) is 0 Å². The Morgan fingerprint density at radius 2 is 1.58 bits per heavy atom. The van der Waals surface area contributed by atoms with E-state index in [1.54, 1.807) is 0 Å². The van der Waals surface area contributed by atoms with Gasteiger partial charge in [0.1, 0.15) is 0 Å². The molecule has 0 amide bonds. The van der Waals surface area contributed by atoms with Crippen molar-refractivity contribution in [3.05, 3.63) is 6.42 Å². The summed E-state index contributed by atoms with van der Waals surface area (Å²) in [6, 6.07) is 0. The molecule has 1 aliphatic carbocycles. The van der Waals surface area contributed by atoms with E-state index in [0.29, 0.717) is 5.41 Å². The van der Waals surface area contributed by atoms with Crippen molar-refractivity contribution >= 4 is 19.8 Å². The topological polar surface area (TPSA) is 0 Å². The number of hydrogen-bond acceptors (Lipinski definition) is 0. The minimum absolute atomic E-state index is 0.550. The minimum atomic E-state index is 0.550. The van der Waals surface area contributed by atoms with E-state index in [2.05, 4.69) is 46.9 Å². The molecular weight excluding hydrogens is 312 g/mol. The van der Waals surface area contributed by atoms with Gasteiger partial charge in [-0.3, -0.25) is 0 Å². The normalized spacial score (nSPS) is 19.8. The molecule has 2 heteroatoms. The van der Waals surface area contributed by atoms with Gasteiger partial charge in [-0.1, -0.05) is 33.6 Å². The van der Waals surface area contributed by atoms with Crippen LogP contribution in [0.3, 0.4) is 0 Å². The van der Waals surface area contributed by atoms with Gasteiger partial charge in [-0.25, -0.2) is 0 Å². The van der Waals surface area contributed by atoms with Crippen molar-refractivity contribution in [1.29, 1.82) is 0 Å². The summed E-state index contributed by atoms with van der Waals surface area (Å²) in [5, 5.41) is 0. The Morgan fingerprint density at radius 1 is 1.17 bits per heavy atom. The van der Waals surface area contributed by atoms with Crippen LogP contribution in [0.4, 0.5) is 0 Å². The van der Waals surface area contributed by atoms with Gasteiger partial charge >= 0.3 is 34.5 Å². The molecule has 0 saturated heterocycles. The molecule has 0 unspecified atom stereocenters. The zero-order chi connectivity index (χ0) is 9.61. The van der Waals surface area contributed by atoms with E-state index in [0.717, 1.165) is 5.92 Å². The van der Waals surface area contributed by atoms with Crippen molar-refractivity contribution in [3.8, 4) is 0 Å². The summed E-state index contributed by atoms with van der Waals surface area (Å²) in [7, 11) is 0. The fraction of sp³-hybridized carbons (Fsp3) is 0.900. The molecule has 68 valence electrons. The molecule has 12 heavy (non-hydrogen) atoms. The first-order valence-electron chi connectivity index (χ1n) is 4.69. The Morgan fingerprint density at radius 3 is 1.83 bits per heavy atom. The second kappa shape index (κ2) is 6.76. The molecule has 1 saturated carbocycles. The van der Waals surface area contributed by atoms with Gasteiger partial charge in [-0.2, -0.15) is 12.8 Å². The van der Waals surface area contributed by atoms with Crippen LogP contribution in [0.1, 0.15) is 46.5 Å². The molecule has 1 aliphatic rings. The van der Waals surface area contributed by atoms with Gasteiger partial charge in [0.25, 0.3) is 0 Å². The van der Waals surface area contributed by atoms with Gasteiger partial charge < -0.3 is 6.42 Å². The summed E-state index contributed by atoms with van der Waals surface area (Å²) >= 11 is 3.62. The van der Waals surface area contributed by atoms with E-state index in [1.807, 2.05) is 0 Å². The molecule has 0 aromatic carbocycles. The molecule has 0 atom stereocenters. The fourth-order valence-corrected chi connectivity index (χ4v) is 1.79. The molecule has 0 radical (unpaired) electrons. The molecule has 0 spiro atoms. The van der Waals surface area contributed by atoms with Gasteiger partial charge in [-0.05, 0) is 11.3 Å². The van der Waals surface area contributed by atoms with Crippen LogP contribution in [0.2, 0.25) is 0 Å². The summed E-state index contributed by atoms with van der Waals surface area (Å²) in [6.45, 7) is 7.09. The Balaban J connectivity index is 0.000000561. The number of halogens is 1. The van der Waals surface area contributed by atoms with Gasteiger partial charge in [0, 0.05) is 0 Å². The molecule has 0 bridgehead atoms. The SMILES string of the molecule is CC(C)(C)C1CC[CH-]CC1.[Zn+][I]. The van der Waals surface area contributed by atoms with Gasteiger partial charge in [0.15, 0.2) is 0 Å². The molecule has 1 fully saturated rings. The molecule has 0 aliphatic heterocycles.